The monoisotopic (exact) mass is 760 g/mol. The summed E-state index contributed by atoms with van der Waals surface area (Å²) in [5.74, 6) is -0.297. The molecule has 0 unspecified atom stereocenters. The third kappa shape index (κ3) is 9.31. The molecule has 3 atom stereocenters. The van der Waals surface area contributed by atoms with Gasteiger partial charge in [0.15, 0.2) is 0 Å². The number of anilines is 1. The van der Waals surface area contributed by atoms with Crippen LogP contribution in [0.15, 0.2) is 42.5 Å². The molecule has 51 heavy (non-hydrogen) atoms. The Balaban J connectivity index is 1.72. The highest BCUT2D eigenvalue weighted by Crippen LogP contribution is 2.46. The summed E-state index contributed by atoms with van der Waals surface area (Å²) in [5, 5.41) is 10.2. The van der Waals surface area contributed by atoms with Gasteiger partial charge in [-0.3, -0.25) is 0 Å². The summed E-state index contributed by atoms with van der Waals surface area (Å²) in [5.41, 5.74) is -2.71. The van der Waals surface area contributed by atoms with Crippen LogP contribution < -0.4 is 13.8 Å². The molecule has 4 rings (SSSR count). The van der Waals surface area contributed by atoms with Gasteiger partial charge >= 0.3 is 21.7 Å². The summed E-state index contributed by atoms with van der Waals surface area (Å²) in [6.45, 7) is 15.6. The second kappa shape index (κ2) is 16.7. The Morgan fingerprint density at radius 1 is 1.00 bits per heavy atom. The van der Waals surface area contributed by atoms with Crippen LogP contribution in [0.25, 0.3) is 0 Å². The number of carbonyl (C=O) groups is 1. The topological polar surface area (TPSA) is 124 Å². The third-order valence-electron chi connectivity index (χ3n) is 9.91. The molecule has 0 aliphatic carbocycles. The standard InChI is InChI=1S/C35H51F3N2O9SSi/c1-23(2)51(24(3)4,25(5)6)49-32-21-40(34(41)42)20-31(33(32)27-10-12-28(13-11-27)48-50(43,44)35(36,37)38)47-22-26-9-14-30-29(19-26)39(16-18-46-30)15-8-17-45-7/h9-14,19,23-25,31-33H,8,15-18,20-22H2,1-7H3,(H,41,42)/t31-,32+,33+/m0/s1. The number of alkyl halides is 3. The van der Waals surface area contributed by atoms with Gasteiger partial charge in [0, 0.05) is 32.7 Å². The minimum Gasteiger partial charge on any atom is -0.490 e. The number of fused-ring (bicyclic) bond motifs is 1. The minimum atomic E-state index is -5.87. The van der Waals surface area contributed by atoms with Crippen molar-refractivity contribution in [3.8, 4) is 11.5 Å². The van der Waals surface area contributed by atoms with Gasteiger partial charge in [-0.15, -0.1) is 0 Å². The van der Waals surface area contributed by atoms with Crippen molar-refractivity contribution in [2.24, 2.45) is 0 Å². The largest absolute Gasteiger partial charge is 0.534 e. The maximum absolute atomic E-state index is 13.0. The number of nitrogens with zero attached hydrogens (tertiary/aromatic N) is 2. The molecule has 2 aromatic carbocycles. The quantitative estimate of drug-likeness (QED) is 0.0852. The van der Waals surface area contributed by atoms with Crippen molar-refractivity contribution in [2.45, 2.75) is 94.8 Å². The third-order valence-corrected chi connectivity index (χ3v) is 17.0. The van der Waals surface area contributed by atoms with Crippen LogP contribution in [0.3, 0.4) is 0 Å². The van der Waals surface area contributed by atoms with E-state index in [9.17, 15) is 31.5 Å². The maximum Gasteiger partial charge on any atom is 0.534 e. The number of hydrogen-bond donors (Lipinski definition) is 1. The number of likely N-dealkylation sites (tertiary alicyclic amines) is 1. The Hall–Kier alpha value is -3.05. The van der Waals surface area contributed by atoms with E-state index in [4.69, 9.17) is 18.6 Å². The second-order valence-corrected chi connectivity index (χ2v) is 21.0. The number of amides is 1. The van der Waals surface area contributed by atoms with Gasteiger partial charge in [-0.2, -0.15) is 21.6 Å². The van der Waals surface area contributed by atoms with E-state index in [1.165, 1.54) is 17.0 Å². The highest BCUT2D eigenvalue weighted by Gasteiger charge is 2.51. The molecule has 2 aliphatic heterocycles. The zero-order chi connectivity index (χ0) is 37.7. The number of ether oxygens (including phenoxy) is 3. The number of rotatable bonds is 15. The lowest BCUT2D eigenvalue weighted by Gasteiger charge is -2.50. The average molecular weight is 761 g/mol. The summed E-state index contributed by atoms with van der Waals surface area (Å²) >= 11 is 0. The molecule has 1 fully saturated rings. The van der Waals surface area contributed by atoms with E-state index in [-0.39, 0.29) is 36.3 Å². The van der Waals surface area contributed by atoms with Gasteiger partial charge in [0.1, 0.15) is 18.1 Å². The second-order valence-electron chi connectivity index (χ2n) is 14.1. The molecule has 2 aromatic rings. The number of benzene rings is 2. The Morgan fingerprint density at radius 2 is 1.63 bits per heavy atom. The van der Waals surface area contributed by atoms with Crippen LogP contribution in [0.5, 0.6) is 11.5 Å². The van der Waals surface area contributed by atoms with E-state index in [1.807, 2.05) is 18.2 Å². The molecule has 16 heteroatoms. The molecule has 0 aromatic heterocycles. The molecular formula is C35H51F3N2O9SSi. The number of halogens is 3. The van der Waals surface area contributed by atoms with Gasteiger partial charge in [0.25, 0.3) is 0 Å². The first-order valence-corrected chi connectivity index (χ1v) is 20.8. The number of piperidine rings is 1. The SMILES string of the molecule is COCCCN1CCOc2ccc(CO[C@H]3CN(C(=O)O)C[C@@H](O[Si](C(C)C)(C(C)C)C(C)C)[C@@H]3c3ccc(OS(=O)(=O)C(F)(F)F)cc3)cc21. The van der Waals surface area contributed by atoms with Crippen molar-refractivity contribution in [3.63, 3.8) is 0 Å². The first kappa shape index (κ1) is 40.7. The molecule has 11 nitrogen and oxygen atoms in total. The maximum atomic E-state index is 13.0. The molecule has 2 heterocycles. The van der Waals surface area contributed by atoms with Gasteiger partial charge in [0.2, 0.25) is 8.32 Å². The first-order valence-electron chi connectivity index (χ1n) is 17.3. The lowest BCUT2D eigenvalue weighted by atomic mass is 9.84. The van der Waals surface area contributed by atoms with Crippen molar-refractivity contribution in [1.82, 2.24) is 4.90 Å². The molecule has 1 N–H and O–H groups in total. The zero-order valence-corrected chi connectivity index (χ0v) is 32.1. The first-order chi connectivity index (χ1) is 23.9. The highest BCUT2D eigenvalue weighted by atomic mass is 32.2. The minimum absolute atomic E-state index is 0.0113. The van der Waals surface area contributed by atoms with Crippen molar-refractivity contribution in [3.05, 3.63) is 53.6 Å². The summed E-state index contributed by atoms with van der Waals surface area (Å²) in [7, 11) is -6.81. The molecule has 0 spiro atoms. The van der Waals surface area contributed by atoms with Crippen LogP contribution in [-0.2, 0) is 30.6 Å². The van der Waals surface area contributed by atoms with E-state index in [0.717, 1.165) is 48.6 Å². The van der Waals surface area contributed by atoms with E-state index in [2.05, 4.69) is 50.6 Å². The van der Waals surface area contributed by atoms with Gasteiger partial charge < -0.3 is 37.7 Å². The van der Waals surface area contributed by atoms with Gasteiger partial charge in [-0.05, 0) is 58.4 Å². The normalized spacial score (nSPS) is 20.1. The summed E-state index contributed by atoms with van der Waals surface area (Å²) < 4.78 is 91.8. The number of methoxy groups -OCH3 is 1. The molecular weight excluding hydrogens is 710 g/mol. The Kier molecular flexibility index (Phi) is 13.4. The van der Waals surface area contributed by atoms with Crippen molar-refractivity contribution in [1.29, 1.82) is 0 Å². The lowest BCUT2D eigenvalue weighted by molar-refractivity contribution is -0.0630. The van der Waals surface area contributed by atoms with E-state index >= 15 is 0 Å². The van der Waals surface area contributed by atoms with Crippen LogP contribution in [0.1, 0.15) is 65.0 Å². The van der Waals surface area contributed by atoms with Gasteiger partial charge in [-0.25, -0.2) is 4.79 Å². The van der Waals surface area contributed by atoms with Crippen LogP contribution in [0.4, 0.5) is 23.7 Å². The van der Waals surface area contributed by atoms with Crippen molar-refractivity contribution in [2.75, 3.05) is 51.4 Å². The van der Waals surface area contributed by atoms with Crippen molar-refractivity contribution >= 4 is 30.2 Å². The summed E-state index contributed by atoms with van der Waals surface area (Å²) in [6.07, 6.45) is -1.68. The zero-order valence-electron chi connectivity index (χ0n) is 30.3. The number of carboxylic acid groups (broad SMARTS) is 1. The molecule has 0 radical (unpaired) electrons. The van der Waals surface area contributed by atoms with E-state index < -0.39 is 53.9 Å². The van der Waals surface area contributed by atoms with Crippen LogP contribution in [0, 0.1) is 0 Å². The predicted octanol–water partition coefficient (Wildman–Crippen LogP) is 7.37. The predicted molar refractivity (Wildman–Crippen MR) is 190 cm³/mol. The summed E-state index contributed by atoms with van der Waals surface area (Å²) in [6, 6.07) is 11.1. The number of hydrogen-bond acceptors (Lipinski definition) is 9. The Labute approximate surface area is 300 Å². The molecule has 2 aliphatic rings. The van der Waals surface area contributed by atoms with Crippen LogP contribution in [-0.4, -0.2) is 97.1 Å². The molecule has 0 bridgehead atoms. The lowest BCUT2D eigenvalue weighted by Crippen LogP contribution is -2.59. The van der Waals surface area contributed by atoms with Gasteiger partial charge in [-0.1, -0.05) is 59.7 Å². The molecule has 1 amide bonds. The molecule has 286 valence electrons. The van der Waals surface area contributed by atoms with Gasteiger partial charge in [0.05, 0.1) is 37.6 Å². The highest BCUT2D eigenvalue weighted by molar-refractivity contribution is 7.88. The van der Waals surface area contributed by atoms with Crippen LogP contribution >= 0.6 is 0 Å². The fourth-order valence-electron chi connectivity index (χ4n) is 7.66. The fourth-order valence-corrected chi connectivity index (χ4v) is 13.7. The average Bonchev–Trinajstić information content (AvgIpc) is 3.05. The van der Waals surface area contributed by atoms with Crippen LogP contribution in [0.2, 0.25) is 16.6 Å². The van der Waals surface area contributed by atoms with E-state index in [0.29, 0.717) is 18.8 Å². The molecule has 0 saturated carbocycles. The van der Waals surface area contributed by atoms with E-state index in [1.54, 1.807) is 7.11 Å². The smallest absolute Gasteiger partial charge is 0.490 e. The fraction of sp³-hybridized carbons (Fsp3) is 0.629. The Bertz CT molecular complexity index is 1550. The molecule has 1 saturated heterocycles. The summed E-state index contributed by atoms with van der Waals surface area (Å²) in [4.78, 5) is 16.0. The van der Waals surface area contributed by atoms with Crippen molar-refractivity contribution < 1.29 is 54.3 Å². The Morgan fingerprint density at radius 3 is 2.20 bits per heavy atom.